The summed E-state index contributed by atoms with van der Waals surface area (Å²) in [7, 11) is 3.23. The molecule has 2 aliphatic heterocycles. The number of hydrogen-bond acceptors (Lipinski definition) is 5. The number of hydrogen-bond donors (Lipinski definition) is 1. The molecule has 1 N–H and O–H groups in total. The monoisotopic (exact) mass is 409 g/mol. The third-order valence-electron chi connectivity index (χ3n) is 5.46. The van der Waals surface area contributed by atoms with E-state index in [-0.39, 0.29) is 17.6 Å². The lowest BCUT2D eigenvalue weighted by atomic mass is 9.97. The van der Waals surface area contributed by atoms with E-state index in [1.54, 1.807) is 20.3 Å². The van der Waals surface area contributed by atoms with E-state index in [0.29, 0.717) is 29.4 Å². The average Bonchev–Trinajstić information content (AvgIpc) is 3.05. The molecule has 158 valence electrons. The standard InChI is InChI=1S/C24H27NO5/c1-14(15-10-16-13-24(2,3)30-22(16)21(11-15)28-5)25-23(26)18-8-9-29-20-7-6-17(27-4)12-19(18)20/h6-8,10-12,14H,9,13H2,1-5H3,(H,25,26). The molecule has 0 fully saturated rings. The third kappa shape index (κ3) is 3.70. The molecule has 30 heavy (non-hydrogen) atoms. The molecule has 6 nitrogen and oxygen atoms in total. The van der Waals surface area contributed by atoms with Crippen LogP contribution in [0.25, 0.3) is 5.57 Å². The molecule has 0 radical (unpaired) electrons. The zero-order valence-corrected chi connectivity index (χ0v) is 18.0. The van der Waals surface area contributed by atoms with Crippen LogP contribution in [0, 0.1) is 0 Å². The van der Waals surface area contributed by atoms with Crippen LogP contribution >= 0.6 is 0 Å². The largest absolute Gasteiger partial charge is 0.497 e. The lowest BCUT2D eigenvalue weighted by Crippen LogP contribution is -2.28. The average molecular weight is 409 g/mol. The topological polar surface area (TPSA) is 66.0 Å². The van der Waals surface area contributed by atoms with Gasteiger partial charge in [-0.3, -0.25) is 4.79 Å². The van der Waals surface area contributed by atoms with Crippen molar-refractivity contribution >= 4 is 11.5 Å². The first kappa shape index (κ1) is 20.1. The second kappa shape index (κ2) is 7.59. The minimum atomic E-state index is -0.267. The summed E-state index contributed by atoms with van der Waals surface area (Å²) in [6, 6.07) is 9.28. The summed E-state index contributed by atoms with van der Waals surface area (Å²) in [5.41, 5.74) is 3.11. The van der Waals surface area contributed by atoms with Gasteiger partial charge in [-0.2, -0.15) is 0 Å². The Morgan fingerprint density at radius 1 is 1.17 bits per heavy atom. The van der Waals surface area contributed by atoms with Crippen LogP contribution < -0.4 is 24.3 Å². The van der Waals surface area contributed by atoms with E-state index in [1.165, 1.54) is 0 Å². The van der Waals surface area contributed by atoms with Gasteiger partial charge in [-0.15, -0.1) is 0 Å². The summed E-state index contributed by atoms with van der Waals surface area (Å²) in [6.07, 6.45) is 2.59. The van der Waals surface area contributed by atoms with E-state index in [0.717, 1.165) is 28.9 Å². The van der Waals surface area contributed by atoms with Crippen molar-refractivity contribution in [1.82, 2.24) is 5.32 Å². The summed E-state index contributed by atoms with van der Waals surface area (Å²) >= 11 is 0. The van der Waals surface area contributed by atoms with Gasteiger partial charge >= 0.3 is 0 Å². The van der Waals surface area contributed by atoms with Crippen molar-refractivity contribution < 1.29 is 23.7 Å². The first-order valence-electron chi connectivity index (χ1n) is 10.0. The van der Waals surface area contributed by atoms with Crippen molar-refractivity contribution in [2.45, 2.75) is 38.8 Å². The molecule has 0 saturated heterocycles. The Bertz CT molecular complexity index is 1020. The highest BCUT2D eigenvalue weighted by Gasteiger charge is 2.33. The first-order chi connectivity index (χ1) is 14.3. The van der Waals surface area contributed by atoms with Gasteiger partial charge in [0, 0.05) is 23.1 Å². The molecule has 0 saturated carbocycles. The SMILES string of the molecule is COc1ccc2c(c1)C(C(=O)NC(C)c1cc3c(c(OC)c1)OC(C)(C)C3)=CCO2. The number of rotatable bonds is 5. The van der Waals surface area contributed by atoms with Gasteiger partial charge < -0.3 is 24.3 Å². The van der Waals surface area contributed by atoms with Gasteiger partial charge in [0.05, 0.1) is 20.3 Å². The van der Waals surface area contributed by atoms with Gasteiger partial charge in [0.25, 0.3) is 5.91 Å². The molecule has 1 atom stereocenters. The Labute approximate surface area is 176 Å². The lowest BCUT2D eigenvalue weighted by molar-refractivity contribution is -0.116. The maximum absolute atomic E-state index is 13.1. The molecule has 0 spiro atoms. The number of nitrogens with one attached hydrogen (secondary N) is 1. The van der Waals surface area contributed by atoms with Gasteiger partial charge in [0.2, 0.25) is 0 Å². The number of ether oxygens (including phenoxy) is 4. The van der Waals surface area contributed by atoms with E-state index in [4.69, 9.17) is 18.9 Å². The smallest absolute Gasteiger partial charge is 0.252 e. The summed E-state index contributed by atoms with van der Waals surface area (Å²) in [6.45, 7) is 6.43. The molecule has 0 aliphatic carbocycles. The fourth-order valence-corrected chi connectivity index (χ4v) is 3.97. The Morgan fingerprint density at radius 2 is 1.97 bits per heavy atom. The second-order valence-corrected chi connectivity index (χ2v) is 8.24. The van der Waals surface area contributed by atoms with Crippen LogP contribution in [0.2, 0.25) is 0 Å². The molecule has 2 heterocycles. The van der Waals surface area contributed by atoms with Crippen molar-refractivity contribution in [1.29, 1.82) is 0 Å². The van der Waals surface area contributed by atoms with E-state index in [2.05, 4.69) is 25.2 Å². The van der Waals surface area contributed by atoms with E-state index in [9.17, 15) is 4.79 Å². The summed E-state index contributed by atoms with van der Waals surface area (Å²) < 4.78 is 22.6. The van der Waals surface area contributed by atoms with Gasteiger partial charge in [-0.05, 0) is 62.7 Å². The number of amides is 1. The Hall–Kier alpha value is -3.15. The van der Waals surface area contributed by atoms with Gasteiger partial charge in [0.1, 0.15) is 23.7 Å². The molecule has 2 aromatic carbocycles. The number of carbonyl (C=O) groups is 1. The van der Waals surface area contributed by atoms with Crippen LogP contribution in [0.15, 0.2) is 36.4 Å². The fraction of sp³-hybridized carbons (Fsp3) is 0.375. The Kier molecular flexibility index (Phi) is 5.10. The number of fused-ring (bicyclic) bond motifs is 2. The van der Waals surface area contributed by atoms with E-state index < -0.39 is 0 Å². The van der Waals surface area contributed by atoms with Crippen LogP contribution in [0.1, 0.15) is 43.5 Å². The van der Waals surface area contributed by atoms with Crippen LogP contribution in [0.5, 0.6) is 23.0 Å². The lowest BCUT2D eigenvalue weighted by Gasteiger charge is -2.22. The maximum atomic E-state index is 13.1. The Morgan fingerprint density at radius 3 is 2.70 bits per heavy atom. The van der Waals surface area contributed by atoms with Crippen LogP contribution in [0.3, 0.4) is 0 Å². The van der Waals surface area contributed by atoms with Crippen LogP contribution in [-0.2, 0) is 11.2 Å². The minimum Gasteiger partial charge on any atom is -0.497 e. The predicted molar refractivity (Wildman–Crippen MR) is 114 cm³/mol. The van der Waals surface area contributed by atoms with Crippen molar-refractivity contribution in [2.75, 3.05) is 20.8 Å². The molecule has 6 heteroatoms. The zero-order chi connectivity index (χ0) is 21.5. The maximum Gasteiger partial charge on any atom is 0.252 e. The van der Waals surface area contributed by atoms with E-state index >= 15 is 0 Å². The minimum absolute atomic E-state index is 0.156. The quantitative estimate of drug-likeness (QED) is 0.806. The fourth-order valence-electron chi connectivity index (χ4n) is 3.97. The second-order valence-electron chi connectivity index (χ2n) is 8.24. The molecular formula is C24H27NO5. The summed E-state index contributed by atoms with van der Waals surface area (Å²) in [5, 5.41) is 3.11. The highest BCUT2D eigenvalue weighted by atomic mass is 16.5. The normalized spacial score (nSPS) is 16.9. The van der Waals surface area contributed by atoms with Crippen molar-refractivity contribution in [3.05, 3.63) is 53.1 Å². The van der Waals surface area contributed by atoms with Crippen LogP contribution in [0.4, 0.5) is 0 Å². The van der Waals surface area contributed by atoms with Gasteiger partial charge in [-0.1, -0.05) is 0 Å². The molecule has 1 amide bonds. The molecule has 2 aliphatic rings. The van der Waals surface area contributed by atoms with Crippen LogP contribution in [-0.4, -0.2) is 32.3 Å². The summed E-state index contributed by atoms with van der Waals surface area (Å²) in [4.78, 5) is 13.1. The third-order valence-corrected chi connectivity index (χ3v) is 5.46. The van der Waals surface area contributed by atoms with Crippen molar-refractivity contribution in [2.24, 2.45) is 0 Å². The van der Waals surface area contributed by atoms with Gasteiger partial charge in [-0.25, -0.2) is 0 Å². The van der Waals surface area contributed by atoms with Crippen molar-refractivity contribution in [3.8, 4) is 23.0 Å². The molecule has 4 rings (SSSR count). The molecule has 2 aromatic rings. The van der Waals surface area contributed by atoms with Gasteiger partial charge in [0.15, 0.2) is 11.5 Å². The van der Waals surface area contributed by atoms with Crippen molar-refractivity contribution in [3.63, 3.8) is 0 Å². The Balaban J connectivity index is 1.58. The number of methoxy groups -OCH3 is 2. The number of carbonyl (C=O) groups excluding carboxylic acids is 1. The first-order valence-corrected chi connectivity index (χ1v) is 10.0. The van der Waals surface area contributed by atoms with E-state index in [1.807, 2.05) is 31.2 Å². The molecule has 0 bridgehead atoms. The molecule has 0 aromatic heterocycles. The number of benzene rings is 2. The zero-order valence-electron chi connectivity index (χ0n) is 18.0. The molecule has 1 unspecified atom stereocenters. The predicted octanol–water partition coefficient (Wildman–Crippen LogP) is 4.07. The molecular weight excluding hydrogens is 382 g/mol. The summed E-state index contributed by atoms with van der Waals surface area (Å²) in [5.74, 6) is 2.68. The highest BCUT2D eigenvalue weighted by molar-refractivity contribution is 6.20. The highest BCUT2D eigenvalue weighted by Crippen LogP contribution is 2.43.